The van der Waals surface area contributed by atoms with Crippen LogP contribution in [0, 0.1) is 0 Å². The zero-order chi connectivity index (χ0) is 13.8. The fourth-order valence-corrected chi connectivity index (χ4v) is 2.42. The van der Waals surface area contributed by atoms with E-state index in [1.165, 1.54) is 5.56 Å². The summed E-state index contributed by atoms with van der Waals surface area (Å²) in [4.78, 5) is 11.1. The first kappa shape index (κ1) is 13.6. The molecule has 0 aliphatic heterocycles. The number of carbonyl (C=O) groups is 1. The maximum atomic E-state index is 11.1. The Morgan fingerprint density at radius 1 is 1.42 bits per heavy atom. The van der Waals surface area contributed by atoms with Gasteiger partial charge in [0.2, 0.25) is 0 Å². The molecule has 2 rings (SSSR count). The van der Waals surface area contributed by atoms with Crippen LogP contribution >= 0.6 is 0 Å². The summed E-state index contributed by atoms with van der Waals surface area (Å²) >= 11 is 0. The number of carboxylic acid groups (broad SMARTS) is 1. The summed E-state index contributed by atoms with van der Waals surface area (Å²) < 4.78 is 2.20. The van der Waals surface area contributed by atoms with Crippen molar-refractivity contribution in [1.29, 1.82) is 0 Å². The zero-order valence-electron chi connectivity index (χ0n) is 11.2. The second kappa shape index (κ2) is 5.89. The van der Waals surface area contributed by atoms with Crippen LogP contribution in [0.1, 0.15) is 35.7 Å². The van der Waals surface area contributed by atoms with Gasteiger partial charge in [-0.15, -0.1) is 0 Å². The molecule has 0 saturated carbocycles. The summed E-state index contributed by atoms with van der Waals surface area (Å²) in [5.41, 5.74) is 8.21. The number of hydrogen-bond donors (Lipinski definition) is 2. The van der Waals surface area contributed by atoms with E-state index in [1.807, 2.05) is 6.07 Å². The SMILES string of the molecule is CCCn1cc(CCCN)c2cc(C(=O)O)ccc21. The molecule has 0 radical (unpaired) electrons. The van der Waals surface area contributed by atoms with Crippen molar-refractivity contribution in [2.75, 3.05) is 6.54 Å². The van der Waals surface area contributed by atoms with Gasteiger partial charge in [0, 0.05) is 23.6 Å². The van der Waals surface area contributed by atoms with E-state index in [2.05, 4.69) is 17.7 Å². The summed E-state index contributed by atoms with van der Waals surface area (Å²) in [5, 5.41) is 10.1. The van der Waals surface area contributed by atoms with Crippen molar-refractivity contribution in [3.8, 4) is 0 Å². The van der Waals surface area contributed by atoms with Crippen molar-refractivity contribution in [2.45, 2.75) is 32.7 Å². The number of aromatic carboxylic acids is 1. The molecule has 0 bridgehead atoms. The largest absolute Gasteiger partial charge is 0.478 e. The minimum absolute atomic E-state index is 0.343. The van der Waals surface area contributed by atoms with Crippen LogP contribution < -0.4 is 5.73 Å². The van der Waals surface area contributed by atoms with E-state index in [1.54, 1.807) is 12.1 Å². The number of fused-ring (bicyclic) bond motifs is 1. The number of aryl methyl sites for hydroxylation is 2. The average Bonchev–Trinajstić information content (AvgIpc) is 2.74. The topological polar surface area (TPSA) is 68.2 Å². The van der Waals surface area contributed by atoms with Crippen LogP contribution in [0.4, 0.5) is 0 Å². The van der Waals surface area contributed by atoms with Crippen molar-refractivity contribution in [3.63, 3.8) is 0 Å². The lowest BCUT2D eigenvalue weighted by atomic mass is 10.1. The Kier molecular flexibility index (Phi) is 4.22. The van der Waals surface area contributed by atoms with Gasteiger partial charge in [0.15, 0.2) is 0 Å². The Morgan fingerprint density at radius 2 is 2.21 bits per heavy atom. The fraction of sp³-hybridized carbons (Fsp3) is 0.400. The Hall–Kier alpha value is -1.81. The van der Waals surface area contributed by atoms with Gasteiger partial charge in [-0.25, -0.2) is 4.79 Å². The number of nitrogens with two attached hydrogens (primary N) is 1. The first-order chi connectivity index (χ1) is 9.17. The third-order valence-corrected chi connectivity index (χ3v) is 3.33. The summed E-state index contributed by atoms with van der Waals surface area (Å²) in [5.74, 6) is -0.880. The van der Waals surface area contributed by atoms with Gasteiger partial charge in [-0.3, -0.25) is 0 Å². The van der Waals surface area contributed by atoms with E-state index in [-0.39, 0.29) is 0 Å². The van der Waals surface area contributed by atoms with Crippen LogP contribution in [-0.2, 0) is 13.0 Å². The molecule has 19 heavy (non-hydrogen) atoms. The second-order valence-corrected chi connectivity index (χ2v) is 4.78. The molecule has 2 aromatic rings. The maximum Gasteiger partial charge on any atom is 0.335 e. The number of aromatic nitrogens is 1. The molecule has 4 heteroatoms. The minimum atomic E-state index is -0.880. The first-order valence-electron chi connectivity index (χ1n) is 6.72. The molecule has 0 amide bonds. The van der Waals surface area contributed by atoms with Gasteiger partial charge in [0.1, 0.15) is 0 Å². The second-order valence-electron chi connectivity index (χ2n) is 4.78. The third kappa shape index (κ3) is 2.79. The molecule has 1 aromatic heterocycles. The standard InChI is InChI=1S/C15H20N2O2/c1-2-8-17-10-12(4-3-7-16)13-9-11(15(18)19)5-6-14(13)17/h5-6,9-10H,2-4,7-8,16H2,1H3,(H,18,19). The number of carboxylic acids is 1. The lowest BCUT2D eigenvalue weighted by Gasteiger charge is -2.02. The lowest BCUT2D eigenvalue weighted by Crippen LogP contribution is -2.00. The Morgan fingerprint density at radius 3 is 2.84 bits per heavy atom. The molecular weight excluding hydrogens is 240 g/mol. The van der Waals surface area contributed by atoms with Gasteiger partial charge in [0.05, 0.1) is 5.56 Å². The molecule has 0 aliphatic rings. The van der Waals surface area contributed by atoms with Crippen molar-refractivity contribution in [2.24, 2.45) is 5.73 Å². The van der Waals surface area contributed by atoms with E-state index < -0.39 is 5.97 Å². The Balaban J connectivity index is 2.51. The van der Waals surface area contributed by atoms with Crippen molar-refractivity contribution in [3.05, 3.63) is 35.5 Å². The smallest absolute Gasteiger partial charge is 0.335 e. The van der Waals surface area contributed by atoms with E-state index in [9.17, 15) is 4.79 Å². The quantitative estimate of drug-likeness (QED) is 0.839. The van der Waals surface area contributed by atoms with E-state index in [0.717, 1.165) is 36.7 Å². The summed E-state index contributed by atoms with van der Waals surface area (Å²) in [6.07, 6.45) is 5.01. The highest BCUT2D eigenvalue weighted by Crippen LogP contribution is 2.24. The zero-order valence-corrected chi connectivity index (χ0v) is 11.2. The number of benzene rings is 1. The number of hydrogen-bond acceptors (Lipinski definition) is 2. The van der Waals surface area contributed by atoms with Gasteiger partial charge in [-0.2, -0.15) is 0 Å². The monoisotopic (exact) mass is 260 g/mol. The van der Waals surface area contributed by atoms with Crippen molar-refractivity contribution < 1.29 is 9.90 Å². The molecule has 0 atom stereocenters. The molecule has 0 aliphatic carbocycles. The third-order valence-electron chi connectivity index (χ3n) is 3.33. The minimum Gasteiger partial charge on any atom is -0.478 e. The van der Waals surface area contributed by atoms with Crippen LogP contribution in [0.3, 0.4) is 0 Å². The van der Waals surface area contributed by atoms with Crippen molar-refractivity contribution in [1.82, 2.24) is 4.57 Å². The first-order valence-corrected chi connectivity index (χ1v) is 6.72. The molecule has 0 saturated heterocycles. The predicted octanol–water partition coefficient (Wildman–Crippen LogP) is 2.64. The van der Waals surface area contributed by atoms with Crippen LogP contribution in [0.25, 0.3) is 10.9 Å². The Bertz CT molecular complexity index is 587. The number of nitrogens with zero attached hydrogens (tertiary/aromatic N) is 1. The molecule has 1 aromatic carbocycles. The molecule has 4 nitrogen and oxygen atoms in total. The van der Waals surface area contributed by atoms with E-state index in [0.29, 0.717) is 12.1 Å². The normalized spacial score (nSPS) is 11.1. The molecule has 1 heterocycles. The van der Waals surface area contributed by atoms with Crippen LogP contribution in [0.15, 0.2) is 24.4 Å². The maximum absolute atomic E-state index is 11.1. The fourth-order valence-electron chi connectivity index (χ4n) is 2.42. The van der Waals surface area contributed by atoms with Gasteiger partial charge in [-0.05, 0) is 49.6 Å². The van der Waals surface area contributed by atoms with Crippen molar-refractivity contribution >= 4 is 16.9 Å². The number of rotatable bonds is 6. The van der Waals surface area contributed by atoms with Gasteiger partial charge >= 0.3 is 5.97 Å². The van der Waals surface area contributed by atoms with Crippen LogP contribution in [0.2, 0.25) is 0 Å². The average molecular weight is 260 g/mol. The van der Waals surface area contributed by atoms with Crippen LogP contribution in [0.5, 0.6) is 0 Å². The molecule has 3 N–H and O–H groups in total. The molecule has 102 valence electrons. The van der Waals surface area contributed by atoms with Gasteiger partial charge < -0.3 is 15.4 Å². The molecule has 0 unspecified atom stereocenters. The Labute approximate surface area is 112 Å². The molecule has 0 spiro atoms. The van der Waals surface area contributed by atoms with Gasteiger partial charge in [-0.1, -0.05) is 6.92 Å². The lowest BCUT2D eigenvalue weighted by molar-refractivity contribution is 0.0697. The highest BCUT2D eigenvalue weighted by atomic mass is 16.4. The van der Waals surface area contributed by atoms with E-state index in [4.69, 9.17) is 10.8 Å². The summed E-state index contributed by atoms with van der Waals surface area (Å²) in [6, 6.07) is 5.35. The summed E-state index contributed by atoms with van der Waals surface area (Å²) in [7, 11) is 0. The summed E-state index contributed by atoms with van der Waals surface area (Å²) in [6.45, 7) is 3.74. The van der Waals surface area contributed by atoms with Crippen LogP contribution in [-0.4, -0.2) is 22.2 Å². The predicted molar refractivity (Wildman–Crippen MR) is 76.6 cm³/mol. The molecule has 0 fully saturated rings. The molecular formula is C15H20N2O2. The highest BCUT2D eigenvalue weighted by molar-refractivity contribution is 5.95. The highest BCUT2D eigenvalue weighted by Gasteiger charge is 2.11. The van der Waals surface area contributed by atoms with Gasteiger partial charge in [0.25, 0.3) is 0 Å². The van der Waals surface area contributed by atoms with E-state index >= 15 is 0 Å².